The summed E-state index contributed by atoms with van der Waals surface area (Å²) in [5.74, 6) is -2.98. The molecule has 17 heteroatoms. The molecule has 0 fully saturated rings. The van der Waals surface area contributed by atoms with Crippen LogP contribution in [0.5, 0.6) is 11.5 Å². The molecule has 0 saturated heterocycles. The molecule has 0 bridgehead atoms. The molecular formula is C30H33Cl2F3N4O7S. The van der Waals surface area contributed by atoms with Gasteiger partial charge in [0.25, 0.3) is 15.9 Å². The molecule has 0 aliphatic carbocycles. The number of halogens is 5. The lowest BCUT2D eigenvalue weighted by Crippen LogP contribution is -2.47. The Bertz CT molecular complexity index is 1810. The number of hydrogen-bond donors (Lipinski definition) is 4. The number of benzene rings is 2. The number of carboxylic acid groups (broad SMARTS) is 1. The highest BCUT2D eigenvalue weighted by molar-refractivity contribution is 7.90. The average molecular weight is 722 g/mol. The third-order valence-electron chi connectivity index (χ3n) is 7.76. The quantitative estimate of drug-likeness (QED) is 0.160. The molecule has 4 rings (SSSR count). The van der Waals surface area contributed by atoms with Gasteiger partial charge in [0, 0.05) is 29.1 Å². The van der Waals surface area contributed by atoms with Crippen LogP contribution in [-0.2, 0) is 26.0 Å². The predicted molar refractivity (Wildman–Crippen MR) is 170 cm³/mol. The molecule has 0 spiro atoms. The molecule has 47 heavy (non-hydrogen) atoms. The summed E-state index contributed by atoms with van der Waals surface area (Å²) in [6.45, 7) is 8.77. The lowest BCUT2D eigenvalue weighted by atomic mass is 9.94. The van der Waals surface area contributed by atoms with E-state index < -0.39 is 57.4 Å². The number of alkyl halides is 3. The number of nitrogens with zero attached hydrogens (tertiary/aromatic N) is 1. The Hall–Kier alpha value is -3.69. The van der Waals surface area contributed by atoms with Crippen molar-refractivity contribution in [2.24, 2.45) is 10.7 Å². The zero-order valence-corrected chi connectivity index (χ0v) is 28.3. The van der Waals surface area contributed by atoms with E-state index in [1.165, 1.54) is 12.1 Å². The van der Waals surface area contributed by atoms with Gasteiger partial charge < -0.3 is 25.6 Å². The predicted octanol–water partition coefficient (Wildman–Crippen LogP) is 4.98. The van der Waals surface area contributed by atoms with Crippen LogP contribution in [-0.4, -0.2) is 61.8 Å². The first kappa shape index (κ1) is 36.2. The fourth-order valence-electron chi connectivity index (χ4n) is 5.53. The highest BCUT2D eigenvalue weighted by atomic mass is 35.5. The maximum Gasteiger partial charge on any atom is 0.429 e. The summed E-state index contributed by atoms with van der Waals surface area (Å²) < 4.78 is 81.6. The number of guanidine groups is 1. The molecule has 256 valence electrons. The van der Waals surface area contributed by atoms with Gasteiger partial charge in [-0.15, -0.1) is 0 Å². The highest BCUT2D eigenvalue weighted by Gasteiger charge is 2.49. The minimum atomic E-state index is -5.04. The molecular weight excluding hydrogens is 688 g/mol. The van der Waals surface area contributed by atoms with E-state index in [0.717, 1.165) is 11.6 Å². The molecule has 2 aliphatic heterocycles. The molecule has 2 aromatic rings. The molecule has 5 N–H and O–H groups in total. The van der Waals surface area contributed by atoms with Gasteiger partial charge in [0.15, 0.2) is 0 Å². The van der Waals surface area contributed by atoms with E-state index in [4.69, 9.17) is 38.4 Å². The summed E-state index contributed by atoms with van der Waals surface area (Å²) in [6, 6.07) is 0.805. The molecule has 0 radical (unpaired) electrons. The molecule has 11 nitrogen and oxygen atoms in total. The summed E-state index contributed by atoms with van der Waals surface area (Å²) >= 11 is 11.9. The number of nitrogens with two attached hydrogens (primary N) is 1. The smallest absolute Gasteiger partial charge is 0.429 e. The number of ether oxygens (including phenoxy) is 2. The van der Waals surface area contributed by atoms with Crippen LogP contribution in [0.25, 0.3) is 6.08 Å². The fraction of sp³-hybridized carbons (Fsp3) is 0.433. The number of fused-ring (bicyclic) bond motifs is 2. The number of amides is 1. The lowest BCUT2D eigenvalue weighted by molar-refractivity contribution is -0.185. The summed E-state index contributed by atoms with van der Waals surface area (Å²) in [4.78, 5) is 28.8. The normalized spacial score (nSPS) is 17.9. The van der Waals surface area contributed by atoms with Crippen LogP contribution in [0.4, 0.5) is 13.2 Å². The van der Waals surface area contributed by atoms with E-state index in [-0.39, 0.29) is 45.6 Å². The topological polar surface area (TPSA) is 169 Å². The second kappa shape index (κ2) is 13.1. The Labute approximate surface area is 279 Å². The SMILES string of the molecule is Cc1c(C)c(S(=O)(=O)NC(N)=NCCCC(NC(=O)C2=Cc3cc(Cl)cc(Cl)c3OC2C(F)(F)F)C(=O)O)c(C)c2c1OC(C)(C)C2. The maximum absolute atomic E-state index is 13.8. The zero-order valence-electron chi connectivity index (χ0n) is 25.9. The lowest BCUT2D eigenvalue weighted by Gasteiger charge is -2.29. The van der Waals surface area contributed by atoms with Crippen LogP contribution in [0.15, 0.2) is 27.6 Å². The van der Waals surface area contributed by atoms with Gasteiger partial charge in [-0.25, -0.2) is 17.9 Å². The van der Waals surface area contributed by atoms with Crippen molar-refractivity contribution in [2.75, 3.05) is 6.54 Å². The molecule has 2 unspecified atom stereocenters. The van der Waals surface area contributed by atoms with Gasteiger partial charge in [0.1, 0.15) is 23.1 Å². The Balaban J connectivity index is 1.44. The molecule has 2 aliphatic rings. The van der Waals surface area contributed by atoms with Crippen LogP contribution in [0.3, 0.4) is 0 Å². The van der Waals surface area contributed by atoms with Gasteiger partial charge in [0.05, 0.1) is 15.5 Å². The first-order chi connectivity index (χ1) is 21.6. The van der Waals surface area contributed by atoms with E-state index in [1.807, 2.05) is 13.8 Å². The Kier molecular flexibility index (Phi) is 10.1. The van der Waals surface area contributed by atoms with Gasteiger partial charge in [0.2, 0.25) is 12.1 Å². The van der Waals surface area contributed by atoms with Crippen LogP contribution >= 0.6 is 23.2 Å². The summed E-state index contributed by atoms with van der Waals surface area (Å²) in [5.41, 5.74) is 6.95. The number of rotatable bonds is 9. The summed E-state index contributed by atoms with van der Waals surface area (Å²) in [5, 5.41) is 11.6. The van der Waals surface area contributed by atoms with Gasteiger partial charge in [-0.1, -0.05) is 23.2 Å². The Morgan fingerprint density at radius 2 is 1.81 bits per heavy atom. The van der Waals surface area contributed by atoms with Gasteiger partial charge >= 0.3 is 12.1 Å². The summed E-state index contributed by atoms with van der Waals surface area (Å²) in [7, 11) is -4.18. The number of aliphatic carboxylic acids is 1. The number of carbonyl (C=O) groups is 2. The average Bonchev–Trinajstić information content (AvgIpc) is 3.27. The second-order valence-electron chi connectivity index (χ2n) is 11.9. The third kappa shape index (κ3) is 7.73. The van der Waals surface area contributed by atoms with Crippen molar-refractivity contribution < 1.29 is 45.8 Å². The fourth-order valence-corrected chi connectivity index (χ4v) is 7.60. The summed E-state index contributed by atoms with van der Waals surface area (Å²) in [6.07, 6.45) is -6.67. The van der Waals surface area contributed by atoms with Gasteiger partial charge in [-0.05, 0) is 82.4 Å². The van der Waals surface area contributed by atoms with Gasteiger partial charge in [-0.2, -0.15) is 13.2 Å². The number of nitrogens with one attached hydrogen (secondary N) is 2. The van der Waals surface area contributed by atoms with Crippen LogP contribution < -0.4 is 25.2 Å². The van der Waals surface area contributed by atoms with Crippen molar-refractivity contribution in [2.45, 2.75) is 82.7 Å². The van der Waals surface area contributed by atoms with Crippen LogP contribution in [0.2, 0.25) is 10.0 Å². The molecule has 0 aromatic heterocycles. The molecule has 1 amide bonds. The second-order valence-corrected chi connectivity index (χ2v) is 14.3. The van der Waals surface area contributed by atoms with Crippen LogP contribution in [0, 0.1) is 20.8 Å². The minimum absolute atomic E-state index is 0.00454. The first-order valence-electron chi connectivity index (χ1n) is 14.2. The van der Waals surface area contributed by atoms with Crippen molar-refractivity contribution in [1.82, 2.24) is 10.0 Å². The standard InChI is InChI=1S/C30H33Cl2F3N4O7S/c1-13-14(2)24(15(3)19-12-29(4,5)46-22(13)19)47(43,44)39-28(36)37-8-6-7-21(27(41)42)38-26(40)18-10-16-9-17(31)11-20(32)23(16)45-25(18)30(33,34)35/h9-11,21,25H,6-8,12H2,1-5H3,(H,38,40)(H,41,42)(H3,36,37,39). The van der Waals surface area contributed by atoms with Crippen molar-refractivity contribution in [3.05, 3.63) is 55.6 Å². The largest absolute Gasteiger partial charge is 0.487 e. The Morgan fingerprint density at radius 3 is 2.43 bits per heavy atom. The Morgan fingerprint density at radius 1 is 1.15 bits per heavy atom. The van der Waals surface area contributed by atoms with Crippen molar-refractivity contribution in [1.29, 1.82) is 0 Å². The van der Waals surface area contributed by atoms with Crippen molar-refractivity contribution >= 4 is 57.1 Å². The molecule has 2 aromatic carbocycles. The minimum Gasteiger partial charge on any atom is -0.487 e. The van der Waals surface area contributed by atoms with E-state index in [1.54, 1.807) is 20.8 Å². The first-order valence-corrected chi connectivity index (χ1v) is 16.5. The van der Waals surface area contributed by atoms with Crippen molar-refractivity contribution in [3.63, 3.8) is 0 Å². The number of aliphatic imine (C=N–C) groups is 1. The number of sulfonamides is 1. The van der Waals surface area contributed by atoms with E-state index >= 15 is 0 Å². The molecule has 0 saturated carbocycles. The number of carboxylic acids is 1. The number of hydrogen-bond acceptors (Lipinski definition) is 7. The maximum atomic E-state index is 13.8. The van der Waals surface area contributed by atoms with E-state index in [9.17, 15) is 36.3 Å². The van der Waals surface area contributed by atoms with Crippen LogP contribution in [0.1, 0.15) is 54.5 Å². The highest BCUT2D eigenvalue weighted by Crippen LogP contribution is 2.44. The third-order valence-corrected chi connectivity index (χ3v) is 9.89. The molecule has 2 atom stereocenters. The van der Waals surface area contributed by atoms with Gasteiger partial charge in [-0.3, -0.25) is 9.79 Å². The van der Waals surface area contributed by atoms with Crippen molar-refractivity contribution in [3.8, 4) is 11.5 Å². The monoisotopic (exact) mass is 720 g/mol. The van der Waals surface area contributed by atoms with E-state index in [0.29, 0.717) is 28.9 Å². The zero-order chi connectivity index (χ0) is 35.2. The number of carbonyl (C=O) groups excluding carboxylic acids is 1. The van der Waals surface area contributed by atoms with E-state index in [2.05, 4.69) is 15.0 Å². The molecule has 2 heterocycles.